The van der Waals surface area contributed by atoms with E-state index >= 15 is 0 Å². The molecule has 9 heteroatoms. The maximum absolute atomic E-state index is 13.0. The molecule has 5 heterocycles. The molecule has 1 atom stereocenters. The maximum Gasteiger partial charge on any atom is 0.290 e. The van der Waals surface area contributed by atoms with Crippen molar-refractivity contribution in [1.29, 1.82) is 0 Å². The van der Waals surface area contributed by atoms with Crippen molar-refractivity contribution in [1.82, 2.24) is 25.0 Å². The molecule has 1 aromatic carbocycles. The van der Waals surface area contributed by atoms with Gasteiger partial charge in [0, 0.05) is 30.1 Å². The molecule has 0 saturated carbocycles. The van der Waals surface area contributed by atoms with Gasteiger partial charge in [-0.05, 0) is 57.0 Å². The van der Waals surface area contributed by atoms with Gasteiger partial charge in [0.2, 0.25) is 5.89 Å². The lowest BCUT2D eigenvalue weighted by atomic mass is 9.84. The third-order valence-corrected chi connectivity index (χ3v) is 5.92. The minimum atomic E-state index is -0.250. The van der Waals surface area contributed by atoms with Crippen molar-refractivity contribution in [2.45, 2.75) is 32.4 Å². The summed E-state index contributed by atoms with van der Waals surface area (Å²) in [7, 11) is 0. The first-order chi connectivity index (χ1) is 14.6. The number of benzene rings is 1. The minimum Gasteiger partial charge on any atom is -0.483 e. The zero-order valence-corrected chi connectivity index (χ0v) is 16.8. The van der Waals surface area contributed by atoms with E-state index < -0.39 is 0 Å². The molecule has 0 aliphatic carbocycles. The number of aromatic nitrogens is 3. The van der Waals surface area contributed by atoms with Crippen LogP contribution in [0.1, 0.15) is 30.3 Å². The number of hydrogen-bond donors (Lipinski definition) is 2. The van der Waals surface area contributed by atoms with E-state index in [9.17, 15) is 4.79 Å². The van der Waals surface area contributed by atoms with Gasteiger partial charge in [-0.3, -0.25) is 14.3 Å². The van der Waals surface area contributed by atoms with Crippen LogP contribution in [0, 0.1) is 5.92 Å². The van der Waals surface area contributed by atoms with Gasteiger partial charge in [-0.25, -0.2) is 4.98 Å². The number of carbonyl (C=O) groups excluding carboxylic acids is 1. The lowest BCUT2D eigenvalue weighted by molar-refractivity contribution is -0.122. The van der Waals surface area contributed by atoms with E-state index in [0.717, 1.165) is 36.1 Å². The van der Waals surface area contributed by atoms with Crippen molar-refractivity contribution < 1.29 is 19.1 Å². The van der Waals surface area contributed by atoms with Gasteiger partial charge in [0.15, 0.2) is 5.69 Å². The Morgan fingerprint density at radius 1 is 1.37 bits per heavy atom. The first kappa shape index (κ1) is 20.1. The van der Waals surface area contributed by atoms with Gasteiger partial charge in [-0.15, -0.1) is 0 Å². The van der Waals surface area contributed by atoms with Crippen LogP contribution in [-0.2, 0) is 11.3 Å². The first-order valence-corrected chi connectivity index (χ1v) is 10.2. The molecule has 158 valence electrons. The molecule has 3 fully saturated rings. The van der Waals surface area contributed by atoms with Crippen molar-refractivity contribution in [3.8, 4) is 11.5 Å². The number of amides is 1. The van der Waals surface area contributed by atoms with Crippen LogP contribution in [0.25, 0.3) is 22.4 Å². The number of nitrogens with one attached hydrogen (secondary N) is 1. The van der Waals surface area contributed by atoms with Crippen LogP contribution in [0.3, 0.4) is 0 Å². The number of carbonyl (C=O) groups is 2. The van der Waals surface area contributed by atoms with E-state index in [2.05, 4.69) is 20.3 Å². The lowest BCUT2D eigenvalue weighted by Gasteiger charge is -2.44. The number of aryl methyl sites for hydroxylation is 1. The topological polar surface area (TPSA) is 113 Å². The monoisotopic (exact) mass is 411 g/mol. The second-order valence-corrected chi connectivity index (χ2v) is 7.56. The minimum absolute atomic E-state index is 0.0742. The van der Waals surface area contributed by atoms with Crippen molar-refractivity contribution in [3.05, 3.63) is 36.4 Å². The van der Waals surface area contributed by atoms with Crippen LogP contribution in [0.5, 0.6) is 0 Å². The Balaban J connectivity index is 0.000000687. The summed E-state index contributed by atoms with van der Waals surface area (Å²) in [5.74, 6) is 1.09. The van der Waals surface area contributed by atoms with Crippen LogP contribution >= 0.6 is 0 Å². The highest BCUT2D eigenvalue weighted by atomic mass is 16.3. The second kappa shape index (κ2) is 8.66. The highest BCUT2D eigenvalue weighted by molar-refractivity contribution is 6.05. The van der Waals surface area contributed by atoms with Crippen molar-refractivity contribution in [2.24, 2.45) is 5.92 Å². The van der Waals surface area contributed by atoms with Crippen LogP contribution in [0.15, 0.2) is 35.1 Å². The van der Waals surface area contributed by atoms with E-state index in [1.807, 2.05) is 29.8 Å². The molecule has 0 radical (unpaired) electrons. The number of hydrogen-bond acceptors (Lipinski definition) is 6. The Kier molecular flexibility index (Phi) is 5.80. The molecule has 2 bridgehead atoms. The SMILES string of the molecule is CCn1nc(C(=O)N[C@H]2CN3CCC2CC3)c2ccc(-c3ncco3)cc21.O=CO. The molecule has 1 amide bonds. The van der Waals surface area contributed by atoms with Gasteiger partial charge in [-0.2, -0.15) is 5.10 Å². The third-order valence-electron chi connectivity index (χ3n) is 5.92. The predicted molar refractivity (Wildman–Crippen MR) is 110 cm³/mol. The van der Waals surface area contributed by atoms with Gasteiger partial charge in [-0.1, -0.05) is 0 Å². The Bertz CT molecular complexity index is 1020. The maximum atomic E-state index is 13.0. The number of rotatable bonds is 4. The molecule has 3 aliphatic rings. The summed E-state index contributed by atoms with van der Waals surface area (Å²) in [6, 6.07) is 6.09. The predicted octanol–water partition coefficient (Wildman–Crippen LogP) is 2.24. The van der Waals surface area contributed by atoms with Crippen LogP contribution in [0.4, 0.5) is 0 Å². The van der Waals surface area contributed by atoms with E-state index in [4.69, 9.17) is 14.3 Å². The van der Waals surface area contributed by atoms with Crippen molar-refractivity contribution >= 4 is 23.3 Å². The average Bonchev–Trinajstić information content (AvgIpc) is 3.43. The van der Waals surface area contributed by atoms with E-state index in [-0.39, 0.29) is 18.4 Å². The van der Waals surface area contributed by atoms with Gasteiger partial charge in [0.25, 0.3) is 12.4 Å². The summed E-state index contributed by atoms with van der Waals surface area (Å²) in [5, 5.41) is 15.6. The molecule has 6 rings (SSSR count). The Morgan fingerprint density at radius 2 is 2.13 bits per heavy atom. The number of fused-ring (bicyclic) bond motifs is 4. The molecule has 2 N–H and O–H groups in total. The molecule has 9 nitrogen and oxygen atoms in total. The van der Waals surface area contributed by atoms with Crippen LogP contribution < -0.4 is 5.32 Å². The fourth-order valence-corrected chi connectivity index (χ4v) is 4.45. The normalized spacial score (nSPS) is 22.4. The highest BCUT2D eigenvalue weighted by Crippen LogP contribution is 2.29. The summed E-state index contributed by atoms with van der Waals surface area (Å²) in [6.07, 6.45) is 5.54. The first-order valence-electron chi connectivity index (χ1n) is 10.2. The van der Waals surface area contributed by atoms with E-state index in [1.165, 1.54) is 12.8 Å². The molecule has 3 aliphatic heterocycles. The summed E-state index contributed by atoms with van der Waals surface area (Å²) in [4.78, 5) is 28.0. The average molecular weight is 411 g/mol. The fraction of sp³-hybridized carbons (Fsp3) is 0.429. The fourth-order valence-electron chi connectivity index (χ4n) is 4.45. The molecular formula is C21H25N5O4. The molecular weight excluding hydrogens is 386 g/mol. The Hall–Kier alpha value is -3.20. The second-order valence-electron chi connectivity index (χ2n) is 7.56. The molecule has 3 saturated heterocycles. The van der Waals surface area contributed by atoms with Crippen LogP contribution in [0.2, 0.25) is 0 Å². The van der Waals surface area contributed by atoms with Gasteiger partial charge in [0.1, 0.15) is 6.26 Å². The quantitative estimate of drug-likeness (QED) is 0.633. The summed E-state index contributed by atoms with van der Waals surface area (Å²) in [6.45, 7) is 5.75. The molecule has 0 unspecified atom stereocenters. The van der Waals surface area contributed by atoms with Crippen LogP contribution in [-0.4, -0.2) is 62.8 Å². The summed E-state index contributed by atoms with van der Waals surface area (Å²) < 4.78 is 7.27. The standard InChI is InChI=1S/C20H23N5O2.CH2O2/c1-2-25-17-11-14(20-21-7-10-27-20)3-4-15(17)18(23-25)19(26)22-16-12-24-8-5-13(16)6-9-24;2-1-3/h3-4,7,10-11,13,16H,2,5-6,8-9,12H2,1H3,(H,22,26);1H,(H,2,3)/t16-;/m0./s1. The van der Waals surface area contributed by atoms with Gasteiger partial charge in [0.05, 0.1) is 11.7 Å². The number of piperidine rings is 3. The lowest BCUT2D eigenvalue weighted by Crippen LogP contribution is -2.57. The number of oxazole rings is 1. The smallest absolute Gasteiger partial charge is 0.290 e. The van der Waals surface area contributed by atoms with Gasteiger partial charge < -0.3 is 19.7 Å². The number of carboxylic acid groups (broad SMARTS) is 1. The number of nitrogens with zero attached hydrogens (tertiary/aromatic N) is 4. The van der Waals surface area contributed by atoms with Crippen molar-refractivity contribution in [2.75, 3.05) is 19.6 Å². The zero-order valence-electron chi connectivity index (χ0n) is 16.8. The third kappa shape index (κ3) is 3.80. The van der Waals surface area contributed by atoms with E-state index in [0.29, 0.717) is 24.0 Å². The summed E-state index contributed by atoms with van der Waals surface area (Å²) >= 11 is 0. The summed E-state index contributed by atoms with van der Waals surface area (Å²) in [5.41, 5.74) is 2.31. The largest absolute Gasteiger partial charge is 0.483 e. The van der Waals surface area contributed by atoms with E-state index in [1.54, 1.807) is 12.5 Å². The zero-order chi connectivity index (χ0) is 21.1. The molecule has 3 aromatic rings. The Labute approximate surface area is 173 Å². The molecule has 0 spiro atoms. The molecule has 2 aromatic heterocycles. The van der Waals surface area contributed by atoms with Crippen molar-refractivity contribution in [3.63, 3.8) is 0 Å². The van der Waals surface area contributed by atoms with Gasteiger partial charge >= 0.3 is 0 Å². The molecule has 30 heavy (non-hydrogen) atoms. The Morgan fingerprint density at radius 3 is 2.73 bits per heavy atom. The highest BCUT2D eigenvalue weighted by Gasteiger charge is 2.35.